The van der Waals surface area contributed by atoms with E-state index in [0.29, 0.717) is 5.56 Å². The molecule has 0 atom stereocenters. The molecule has 0 aliphatic carbocycles. The van der Waals surface area contributed by atoms with E-state index >= 15 is 0 Å². The van der Waals surface area contributed by atoms with Crippen LogP contribution in [0.2, 0.25) is 0 Å². The largest absolute Gasteiger partial charge is 0.307 e. The van der Waals surface area contributed by atoms with Gasteiger partial charge in [0.25, 0.3) is 0 Å². The van der Waals surface area contributed by atoms with E-state index in [4.69, 9.17) is 0 Å². The third kappa shape index (κ3) is 3.51. The average molecular weight is 527 g/mol. The van der Waals surface area contributed by atoms with Crippen LogP contribution in [0.5, 0.6) is 0 Å². The molecule has 2 heterocycles. The Bertz CT molecular complexity index is 2150. The summed E-state index contributed by atoms with van der Waals surface area (Å²) in [6.45, 7) is 0. The average Bonchev–Trinajstić information content (AvgIpc) is 3.36. The first-order valence-corrected chi connectivity index (χ1v) is 14.1. The van der Waals surface area contributed by atoms with Crippen LogP contribution in [0.15, 0.2) is 143 Å². The highest BCUT2D eigenvalue weighted by Crippen LogP contribution is 2.47. The van der Waals surface area contributed by atoms with Crippen molar-refractivity contribution in [2.45, 2.75) is 9.79 Å². The predicted molar refractivity (Wildman–Crippen MR) is 166 cm³/mol. The molecule has 1 aliphatic heterocycles. The molecular formula is C37H22N2S. The zero-order valence-electron chi connectivity index (χ0n) is 21.5. The molecule has 0 saturated carbocycles. The summed E-state index contributed by atoms with van der Waals surface area (Å²) in [7, 11) is 0. The second-order valence-electron chi connectivity index (χ2n) is 10.1. The van der Waals surface area contributed by atoms with Crippen molar-refractivity contribution in [3.8, 4) is 45.1 Å². The standard InChI is InChI=1S/C37H22N2S/c38-23-29-17-16-27(21-31(29)24-8-2-1-3-9-24)25-10-6-11-26(20-25)28-18-19-33-32(22-28)30-12-7-15-36-37(30)39(33)34-13-4-5-14-35(34)40-36/h1-22H. The van der Waals surface area contributed by atoms with Crippen LogP contribution in [0.3, 0.4) is 0 Å². The van der Waals surface area contributed by atoms with Crippen molar-refractivity contribution in [1.82, 2.24) is 4.57 Å². The quantitative estimate of drug-likeness (QED) is 0.229. The predicted octanol–water partition coefficient (Wildman–Crippen LogP) is 10.1. The molecule has 3 heteroatoms. The molecule has 1 aromatic heterocycles. The van der Waals surface area contributed by atoms with Gasteiger partial charge in [0.1, 0.15) is 0 Å². The Labute approximate surface area is 236 Å². The maximum Gasteiger partial charge on any atom is 0.0998 e. The van der Waals surface area contributed by atoms with Gasteiger partial charge in [0.05, 0.1) is 28.4 Å². The number of nitriles is 1. The Hall–Kier alpha value is -5.04. The minimum atomic E-state index is 0.685. The monoisotopic (exact) mass is 526 g/mol. The van der Waals surface area contributed by atoms with Gasteiger partial charge < -0.3 is 4.57 Å². The second kappa shape index (κ2) is 9.02. The lowest BCUT2D eigenvalue weighted by atomic mass is 9.93. The van der Waals surface area contributed by atoms with Gasteiger partial charge in [-0.1, -0.05) is 96.7 Å². The molecule has 40 heavy (non-hydrogen) atoms. The molecule has 2 nitrogen and oxygen atoms in total. The van der Waals surface area contributed by atoms with E-state index in [1.165, 1.54) is 48.4 Å². The van der Waals surface area contributed by atoms with Gasteiger partial charge in [-0.05, 0) is 76.3 Å². The summed E-state index contributed by atoms with van der Waals surface area (Å²) in [5.41, 5.74) is 11.1. The van der Waals surface area contributed by atoms with E-state index in [9.17, 15) is 5.26 Å². The Morgan fingerprint density at radius 1 is 0.525 bits per heavy atom. The number of para-hydroxylation sites is 2. The normalized spacial score (nSPS) is 11.9. The molecule has 0 bridgehead atoms. The molecule has 0 radical (unpaired) electrons. The third-order valence-corrected chi connectivity index (χ3v) is 8.94. The molecule has 0 fully saturated rings. The molecule has 186 valence electrons. The molecule has 1 aliphatic rings. The molecule has 0 unspecified atom stereocenters. The second-order valence-corrected chi connectivity index (χ2v) is 11.2. The highest BCUT2D eigenvalue weighted by atomic mass is 32.2. The Kier molecular flexibility index (Phi) is 5.16. The zero-order valence-corrected chi connectivity index (χ0v) is 22.3. The van der Waals surface area contributed by atoms with Crippen LogP contribution in [0.25, 0.3) is 60.9 Å². The number of hydrogen-bond donors (Lipinski definition) is 0. The van der Waals surface area contributed by atoms with Crippen molar-refractivity contribution in [2.75, 3.05) is 0 Å². The minimum absolute atomic E-state index is 0.685. The van der Waals surface area contributed by atoms with E-state index in [2.05, 4.69) is 114 Å². The van der Waals surface area contributed by atoms with E-state index in [1.54, 1.807) is 0 Å². The number of fused-ring (bicyclic) bond motifs is 5. The first kappa shape index (κ1) is 22.9. The summed E-state index contributed by atoms with van der Waals surface area (Å²) < 4.78 is 2.42. The van der Waals surface area contributed by atoms with E-state index in [1.807, 2.05) is 42.1 Å². The van der Waals surface area contributed by atoms with Crippen molar-refractivity contribution >= 4 is 33.6 Å². The van der Waals surface area contributed by atoms with E-state index in [0.717, 1.165) is 22.3 Å². The van der Waals surface area contributed by atoms with E-state index < -0.39 is 0 Å². The van der Waals surface area contributed by atoms with Crippen molar-refractivity contribution in [2.24, 2.45) is 0 Å². The van der Waals surface area contributed by atoms with Gasteiger partial charge in [-0.2, -0.15) is 5.26 Å². The molecule has 0 saturated heterocycles. The number of nitrogens with zero attached hydrogens (tertiary/aromatic N) is 2. The molecule has 6 aromatic carbocycles. The van der Waals surface area contributed by atoms with Crippen LogP contribution in [0.4, 0.5) is 0 Å². The van der Waals surface area contributed by atoms with Crippen LogP contribution in [0, 0.1) is 11.3 Å². The Morgan fingerprint density at radius 2 is 1.20 bits per heavy atom. The van der Waals surface area contributed by atoms with Gasteiger partial charge in [0.15, 0.2) is 0 Å². The van der Waals surface area contributed by atoms with Gasteiger partial charge in [-0.25, -0.2) is 0 Å². The van der Waals surface area contributed by atoms with Crippen LogP contribution < -0.4 is 0 Å². The van der Waals surface area contributed by atoms with Crippen molar-refractivity contribution < 1.29 is 0 Å². The molecule has 7 aromatic rings. The molecule has 0 spiro atoms. The number of rotatable bonds is 3. The highest BCUT2D eigenvalue weighted by molar-refractivity contribution is 7.99. The lowest BCUT2D eigenvalue weighted by Crippen LogP contribution is -2.00. The minimum Gasteiger partial charge on any atom is -0.307 e. The Morgan fingerprint density at radius 3 is 2.05 bits per heavy atom. The third-order valence-electron chi connectivity index (χ3n) is 7.83. The summed E-state index contributed by atoms with van der Waals surface area (Å²) >= 11 is 1.85. The van der Waals surface area contributed by atoms with Crippen molar-refractivity contribution in [3.05, 3.63) is 139 Å². The number of aromatic nitrogens is 1. The summed E-state index contributed by atoms with van der Waals surface area (Å²) in [6.07, 6.45) is 0. The number of hydrogen-bond acceptors (Lipinski definition) is 2. The van der Waals surface area contributed by atoms with E-state index in [-0.39, 0.29) is 0 Å². The van der Waals surface area contributed by atoms with Gasteiger partial charge in [0.2, 0.25) is 0 Å². The molecule has 0 amide bonds. The first-order chi connectivity index (χ1) is 19.8. The maximum atomic E-state index is 9.74. The summed E-state index contributed by atoms with van der Waals surface area (Å²) in [6, 6.07) is 49.5. The zero-order chi connectivity index (χ0) is 26.6. The molecule has 0 N–H and O–H groups in total. The summed E-state index contributed by atoms with van der Waals surface area (Å²) in [5, 5.41) is 12.3. The van der Waals surface area contributed by atoms with Gasteiger partial charge in [0, 0.05) is 26.1 Å². The van der Waals surface area contributed by atoms with Crippen LogP contribution in [-0.4, -0.2) is 4.57 Å². The lowest BCUT2D eigenvalue weighted by Gasteiger charge is -2.19. The fourth-order valence-electron chi connectivity index (χ4n) is 5.95. The van der Waals surface area contributed by atoms with Crippen molar-refractivity contribution in [1.29, 1.82) is 5.26 Å². The van der Waals surface area contributed by atoms with Gasteiger partial charge in [-0.3, -0.25) is 0 Å². The number of benzene rings is 6. The van der Waals surface area contributed by atoms with Crippen molar-refractivity contribution in [3.63, 3.8) is 0 Å². The van der Waals surface area contributed by atoms with Gasteiger partial charge in [-0.15, -0.1) is 0 Å². The Balaban J connectivity index is 1.27. The lowest BCUT2D eigenvalue weighted by molar-refractivity contribution is 1.09. The maximum absolute atomic E-state index is 9.74. The summed E-state index contributed by atoms with van der Waals surface area (Å²) in [5.74, 6) is 0. The van der Waals surface area contributed by atoms with Crippen LogP contribution in [0.1, 0.15) is 5.56 Å². The summed E-state index contributed by atoms with van der Waals surface area (Å²) in [4.78, 5) is 2.58. The fraction of sp³-hybridized carbons (Fsp3) is 0. The van der Waals surface area contributed by atoms with Crippen LogP contribution >= 0.6 is 11.8 Å². The van der Waals surface area contributed by atoms with Crippen LogP contribution in [-0.2, 0) is 0 Å². The SMILES string of the molecule is N#Cc1ccc(-c2cccc(-c3ccc4c(c3)c3cccc5c3n4-c3ccccc3S5)c2)cc1-c1ccccc1. The molecular weight excluding hydrogens is 504 g/mol. The fourth-order valence-corrected chi connectivity index (χ4v) is 7.04. The highest BCUT2D eigenvalue weighted by Gasteiger charge is 2.22. The van der Waals surface area contributed by atoms with Gasteiger partial charge >= 0.3 is 0 Å². The first-order valence-electron chi connectivity index (χ1n) is 13.3. The topological polar surface area (TPSA) is 28.7 Å². The smallest absolute Gasteiger partial charge is 0.0998 e. The molecule has 8 rings (SSSR count).